The smallest absolute Gasteiger partial charge is 0.324 e. The summed E-state index contributed by atoms with van der Waals surface area (Å²) in [6.07, 6.45) is 15.8. The normalized spacial score (nSPS) is 22.6. The van der Waals surface area contributed by atoms with Crippen LogP contribution >= 0.6 is 23.1 Å². The fourth-order valence-corrected chi connectivity index (χ4v) is 7.41. The van der Waals surface area contributed by atoms with Crippen molar-refractivity contribution in [2.24, 2.45) is 0 Å². The van der Waals surface area contributed by atoms with Gasteiger partial charge in [0.2, 0.25) is 0 Å². The van der Waals surface area contributed by atoms with E-state index in [2.05, 4.69) is 15.2 Å². The number of carbonyl (C=O) groups excluding carboxylic acids is 1. The standard InChI is InChI=1S/C21H31N3O3S2/c25-18(26)21(12-7-13-21)29-17-14-22-19(28-17)23-20(27)24(15-8-3-1-4-9-15)16-10-5-2-6-11-16/h14-16H,1-13H2,(H,25,26)(H,22,23,27). The van der Waals surface area contributed by atoms with Crippen LogP contribution in [0.5, 0.6) is 0 Å². The van der Waals surface area contributed by atoms with Crippen LogP contribution in [0.3, 0.4) is 0 Å². The Bertz CT molecular complexity index is 705. The van der Waals surface area contributed by atoms with Crippen molar-refractivity contribution >= 4 is 40.2 Å². The zero-order chi connectivity index (χ0) is 20.3. The molecule has 0 radical (unpaired) electrons. The number of aliphatic carboxylic acids is 1. The lowest BCUT2D eigenvalue weighted by molar-refractivity contribution is -0.142. The second kappa shape index (κ2) is 9.25. The maximum absolute atomic E-state index is 13.3. The van der Waals surface area contributed by atoms with E-state index in [1.54, 1.807) is 6.20 Å². The molecule has 3 aliphatic carbocycles. The predicted molar refractivity (Wildman–Crippen MR) is 117 cm³/mol. The van der Waals surface area contributed by atoms with Crippen molar-refractivity contribution in [3.8, 4) is 0 Å². The van der Waals surface area contributed by atoms with Crippen LogP contribution in [0.2, 0.25) is 0 Å². The van der Waals surface area contributed by atoms with Crippen LogP contribution in [0, 0.1) is 0 Å². The first-order valence-electron chi connectivity index (χ1n) is 11.0. The van der Waals surface area contributed by atoms with Gasteiger partial charge in [-0.2, -0.15) is 0 Å². The molecule has 8 heteroatoms. The van der Waals surface area contributed by atoms with Gasteiger partial charge >= 0.3 is 12.0 Å². The minimum Gasteiger partial charge on any atom is -0.480 e. The molecule has 0 spiro atoms. The van der Waals surface area contributed by atoms with E-state index in [1.165, 1.54) is 61.6 Å². The van der Waals surface area contributed by atoms with Crippen LogP contribution in [-0.4, -0.2) is 43.8 Å². The average molecular weight is 438 g/mol. The van der Waals surface area contributed by atoms with E-state index in [0.29, 0.717) is 30.1 Å². The highest BCUT2D eigenvalue weighted by Crippen LogP contribution is 2.49. The van der Waals surface area contributed by atoms with Crippen molar-refractivity contribution in [3.05, 3.63) is 6.20 Å². The van der Waals surface area contributed by atoms with E-state index < -0.39 is 10.7 Å². The molecule has 0 aliphatic heterocycles. The summed E-state index contributed by atoms with van der Waals surface area (Å²) in [5.41, 5.74) is 0. The number of amides is 2. The molecule has 0 saturated heterocycles. The van der Waals surface area contributed by atoms with Gasteiger partial charge in [-0.3, -0.25) is 10.1 Å². The number of nitrogens with zero attached hydrogens (tertiary/aromatic N) is 2. The third kappa shape index (κ3) is 4.74. The Kier molecular flexibility index (Phi) is 6.69. The predicted octanol–water partition coefficient (Wildman–Crippen LogP) is 5.74. The number of thioether (sulfide) groups is 1. The lowest BCUT2D eigenvalue weighted by atomic mass is 9.84. The molecule has 1 heterocycles. The zero-order valence-corrected chi connectivity index (χ0v) is 18.5. The van der Waals surface area contributed by atoms with Crippen molar-refractivity contribution < 1.29 is 14.7 Å². The quantitative estimate of drug-likeness (QED) is 0.593. The Balaban J connectivity index is 1.43. The first-order valence-corrected chi connectivity index (χ1v) is 12.7. The maximum atomic E-state index is 13.3. The van der Waals surface area contributed by atoms with Crippen LogP contribution in [-0.2, 0) is 4.79 Å². The second-order valence-electron chi connectivity index (χ2n) is 8.66. The minimum atomic E-state index is -0.742. The summed E-state index contributed by atoms with van der Waals surface area (Å²) in [7, 11) is 0. The van der Waals surface area contributed by atoms with E-state index in [9.17, 15) is 14.7 Å². The maximum Gasteiger partial charge on any atom is 0.324 e. The molecule has 1 aromatic heterocycles. The van der Waals surface area contributed by atoms with Crippen LogP contribution in [0.25, 0.3) is 0 Å². The van der Waals surface area contributed by atoms with Gasteiger partial charge in [0.05, 0.1) is 10.4 Å². The monoisotopic (exact) mass is 437 g/mol. The Morgan fingerprint density at radius 3 is 2.10 bits per heavy atom. The van der Waals surface area contributed by atoms with E-state index in [-0.39, 0.29) is 6.03 Å². The Labute approximate surface area is 180 Å². The molecule has 3 aliphatic rings. The van der Waals surface area contributed by atoms with Gasteiger partial charge in [-0.05, 0) is 44.9 Å². The molecule has 6 nitrogen and oxygen atoms in total. The van der Waals surface area contributed by atoms with Crippen molar-refractivity contribution in [3.63, 3.8) is 0 Å². The first kappa shape index (κ1) is 21.0. The van der Waals surface area contributed by atoms with Gasteiger partial charge in [0.25, 0.3) is 0 Å². The summed E-state index contributed by atoms with van der Waals surface area (Å²) in [6.45, 7) is 0. The number of carbonyl (C=O) groups is 2. The van der Waals surface area contributed by atoms with E-state index >= 15 is 0 Å². The number of carboxylic acid groups (broad SMARTS) is 1. The van der Waals surface area contributed by atoms with Crippen molar-refractivity contribution in [2.45, 2.75) is 105 Å². The van der Waals surface area contributed by atoms with Gasteiger partial charge in [-0.1, -0.05) is 61.6 Å². The highest BCUT2D eigenvalue weighted by atomic mass is 32.2. The number of nitrogens with one attached hydrogen (secondary N) is 1. The molecule has 0 bridgehead atoms. The van der Waals surface area contributed by atoms with Crippen LogP contribution in [0.1, 0.15) is 83.5 Å². The van der Waals surface area contributed by atoms with E-state index in [1.807, 2.05) is 0 Å². The molecular formula is C21H31N3O3S2. The number of anilines is 1. The number of carboxylic acids is 1. The second-order valence-corrected chi connectivity index (χ2v) is 11.4. The molecule has 3 saturated carbocycles. The number of rotatable bonds is 6. The molecule has 2 amide bonds. The number of thiazole rings is 1. The minimum absolute atomic E-state index is 0.0220. The van der Waals surface area contributed by atoms with Gasteiger partial charge in [0.1, 0.15) is 4.75 Å². The van der Waals surface area contributed by atoms with Gasteiger partial charge in [0.15, 0.2) is 5.13 Å². The topological polar surface area (TPSA) is 82.5 Å². The molecule has 1 aromatic rings. The zero-order valence-electron chi connectivity index (χ0n) is 16.9. The third-order valence-corrected chi connectivity index (χ3v) is 9.20. The molecule has 160 valence electrons. The van der Waals surface area contributed by atoms with Gasteiger partial charge in [-0.15, -0.1) is 0 Å². The summed E-state index contributed by atoms with van der Waals surface area (Å²) in [5, 5.41) is 13.2. The third-order valence-electron chi connectivity index (χ3n) is 6.72. The lowest BCUT2D eigenvalue weighted by Crippen LogP contribution is -2.50. The van der Waals surface area contributed by atoms with E-state index in [0.717, 1.165) is 36.3 Å². The number of aromatic nitrogens is 1. The molecule has 3 fully saturated rings. The van der Waals surface area contributed by atoms with Crippen molar-refractivity contribution in [1.29, 1.82) is 0 Å². The van der Waals surface area contributed by atoms with Crippen LogP contribution in [0.15, 0.2) is 10.4 Å². The first-order chi connectivity index (χ1) is 14.1. The molecule has 0 aromatic carbocycles. The highest BCUT2D eigenvalue weighted by molar-refractivity contribution is 8.03. The summed E-state index contributed by atoms with van der Waals surface area (Å²) >= 11 is 2.79. The molecular weight excluding hydrogens is 406 g/mol. The van der Waals surface area contributed by atoms with Crippen LogP contribution in [0.4, 0.5) is 9.93 Å². The van der Waals surface area contributed by atoms with E-state index in [4.69, 9.17) is 0 Å². The summed E-state index contributed by atoms with van der Waals surface area (Å²) in [5.74, 6) is -0.742. The van der Waals surface area contributed by atoms with Crippen molar-refractivity contribution in [1.82, 2.24) is 9.88 Å². The fraction of sp³-hybridized carbons (Fsp3) is 0.762. The molecule has 4 rings (SSSR count). The molecule has 29 heavy (non-hydrogen) atoms. The summed E-state index contributed by atoms with van der Waals surface area (Å²) < 4.78 is 0.161. The van der Waals surface area contributed by atoms with Crippen LogP contribution < -0.4 is 5.32 Å². The fourth-order valence-electron chi connectivity index (χ4n) is 4.92. The molecule has 0 unspecified atom stereocenters. The number of hydrogen-bond acceptors (Lipinski definition) is 5. The lowest BCUT2D eigenvalue weighted by Gasteiger charge is -2.41. The summed E-state index contributed by atoms with van der Waals surface area (Å²) in [6, 6.07) is 0.656. The van der Waals surface area contributed by atoms with Gasteiger partial charge < -0.3 is 10.0 Å². The van der Waals surface area contributed by atoms with Gasteiger partial charge in [-0.25, -0.2) is 9.78 Å². The Morgan fingerprint density at radius 2 is 1.62 bits per heavy atom. The van der Waals surface area contributed by atoms with Crippen molar-refractivity contribution in [2.75, 3.05) is 5.32 Å². The number of urea groups is 1. The highest BCUT2D eigenvalue weighted by Gasteiger charge is 2.46. The largest absolute Gasteiger partial charge is 0.480 e. The number of hydrogen-bond donors (Lipinski definition) is 2. The molecule has 0 atom stereocenters. The SMILES string of the molecule is O=C(Nc1ncc(SC2(C(=O)O)CCC2)s1)N(C1CCCCC1)C1CCCCC1. The Morgan fingerprint density at radius 1 is 1.03 bits per heavy atom. The van der Waals surface area contributed by atoms with Gasteiger partial charge in [0, 0.05) is 12.1 Å². The average Bonchev–Trinajstić information content (AvgIpc) is 3.13. The Hall–Kier alpha value is -1.28. The summed E-state index contributed by atoms with van der Waals surface area (Å²) in [4.78, 5) is 31.4. The molecule has 2 N–H and O–H groups in total.